The molecule has 0 fully saturated rings. The predicted molar refractivity (Wildman–Crippen MR) is 74.4 cm³/mol. The summed E-state index contributed by atoms with van der Waals surface area (Å²) in [6, 6.07) is 13.3. The van der Waals surface area contributed by atoms with Crippen LogP contribution in [0.2, 0.25) is 0 Å². The summed E-state index contributed by atoms with van der Waals surface area (Å²) in [5.74, 6) is -0.658. The van der Waals surface area contributed by atoms with Gasteiger partial charge in [0.2, 0.25) is 0 Å². The zero-order valence-corrected chi connectivity index (χ0v) is 11.2. The highest BCUT2D eigenvalue weighted by molar-refractivity contribution is 5.65. The third-order valence-electron chi connectivity index (χ3n) is 3.15. The average Bonchev–Trinajstić information content (AvgIpc) is 2.94. The van der Waals surface area contributed by atoms with Crippen LogP contribution in [-0.2, 0) is 6.30 Å². The quantitative estimate of drug-likeness (QED) is 0.620. The van der Waals surface area contributed by atoms with E-state index in [-0.39, 0.29) is 16.1 Å². The lowest BCUT2D eigenvalue weighted by Crippen LogP contribution is -2.16. The van der Waals surface area contributed by atoms with Crippen LogP contribution < -0.4 is 0 Å². The first-order chi connectivity index (χ1) is 10.4. The van der Waals surface area contributed by atoms with Crippen LogP contribution in [0.25, 0.3) is 22.6 Å². The minimum absolute atomic E-state index is 0.135. The molecule has 0 aliphatic carbocycles. The van der Waals surface area contributed by atoms with Crippen molar-refractivity contribution in [3.63, 3.8) is 0 Å². The summed E-state index contributed by atoms with van der Waals surface area (Å²) in [5, 5.41) is 0. The van der Waals surface area contributed by atoms with Gasteiger partial charge in [-0.25, -0.2) is 13.9 Å². The lowest BCUT2D eigenvalue weighted by Gasteiger charge is -2.10. The maximum atomic E-state index is 13.2. The van der Waals surface area contributed by atoms with Crippen molar-refractivity contribution in [2.24, 2.45) is 0 Å². The van der Waals surface area contributed by atoms with Crippen LogP contribution in [-0.4, -0.2) is 9.55 Å². The van der Waals surface area contributed by atoms with Gasteiger partial charge in [0.25, 0.3) is 0 Å². The third-order valence-corrected chi connectivity index (χ3v) is 3.15. The van der Waals surface area contributed by atoms with Gasteiger partial charge in [0, 0.05) is 17.3 Å². The van der Waals surface area contributed by atoms with E-state index < -0.39 is 12.1 Å². The van der Waals surface area contributed by atoms with E-state index in [1.165, 1.54) is 24.3 Å². The number of rotatable bonds is 2. The number of hydrogen-bond donors (Lipinski definition) is 0. The molecule has 0 amide bonds. The molecule has 6 heteroatoms. The monoisotopic (exact) mass is 306 g/mol. The number of nitrogens with zero attached hydrogens (tertiary/aromatic N) is 2. The molecule has 0 atom stereocenters. The molecule has 0 saturated carbocycles. The second-order valence-electron chi connectivity index (χ2n) is 4.66. The lowest BCUT2D eigenvalue weighted by atomic mass is 10.2. The molecule has 3 aromatic rings. The van der Waals surface area contributed by atoms with Gasteiger partial charge < -0.3 is 0 Å². The molecule has 0 aliphatic rings. The van der Waals surface area contributed by atoms with Gasteiger partial charge in [-0.15, -0.1) is 13.2 Å². The van der Waals surface area contributed by atoms with E-state index in [0.29, 0.717) is 11.1 Å². The molecule has 3 rings (SSSR count). The average molecular weight is 306 g/mol. The summed E-state index contributed by atoms with van der Waals surface area (Å²) in [6.45, 7) is 0. The van der Waals surface area contributed by atoms with Gasteiger partial charge in [-0.3, -0.25) is 0 Å². The fourth-order valence-electron chi connectivity index (χ4n) is 2.12. The summed E-state index contributed by atoms with van der Waals surface area (Å²) in [4.78, 5) is 4.07. The van der Waals surface area contributed by atoms with Crippen molar-refractivity contribution in [3.05, 3.63) is 66.6 Å². The molecule has 0 radical (unpaired) electrons. The molecule has 1 aromatic heterocycles. The molecule has 0 N–H and O–H groups in total. The number of imidazole rings is 1. The lowest BCUT2D eigenvalue weighted by molar-refractivity contribution is -0.202. The Morgan fingerprint density at radius 1 is 0.818 bits per heavy atom. The number of benzene rings is 2. The summed E-state index contributed by atoms with van der Waals surface area (Å²) >= 11 is 0. The Bertz CT molecular complexity index is 774. The van der Waals surface area contributed by atoms with Gasteiger partial charge in [-0.1, -0.05) is 30.3 Å². The largest absolute Gasteiger partial charge is 0.490 e. The van der Waals surface area contributed by atoms with Gasteiger partial charge in [0.1, 0.15) is 11.6 Å². The first kappa shape index (κ1) is 14.3. The van der Waals surface area contributed by atoms with Crippen LogP contribution >= 0.6 is 0 Å². The van der Waals surface area contributed by atoms with E-state index in [1.807, 2.05) is 0 Å². The minimum atomic E-state index is -4.59. The first-order valence-corrected chi connectivity index (χ1v) is 6.43. The van der Waals surface area contributed by atoms with Crippen LogP contribution in [0.4, 0.5) is 17.6 Å². The summed E-state index contributed by atoms with van der Waals surface area (Å²) in [7, 11) is 0. The molecule has 0 aliphatic heterocycles. The highest BCUT2D eigenvalue weighted by Gasteiger charge is 2.34. The molecule has 2 nitrogen and oxygen atoms in total. The summed E-state index contributed by atoms with van der Waals surface area (Å²) in [5.41, 5.74) is 0.908. The van der Waals surface area contributed by atoms with Crippen LogP contribution in [0, 0.1) is 5.82 Å². The fourth-order valence-corrected chi connectivity index (χ4v) is 2.12. The zero-order valence-electron chi connectivity index (χ0n) is 11.2. The second kappa shape index (κ2) is 5.29. The van der Waals surface area contributed by atoms with Crippen LogP contribution in [0.1, 0.15) is 0 Å². The third kappa shape index (κ3) is 2.72. The molecule has 1 heterocycles. The van der Waals surface area contributed by atoms with Gasteiger partial charge in [-0.05, 0) is 24.3 Å². The van der Waals surface area contributed by atoms with Crippen LogP contribution in [0.15, 0.2) is 60.8 Å². The van der Waals surface area contributed by atoms with E-state index in [1.54, 1.807) is 30.3 Å². The Hall–Kier alpha value is -2.63. The standard InChI is InChI=1S/C16H10F4N2/c17-13-8-6-11(7-9-13)14-10-22(16(18,19)20)15(21-14)12-4-2-1-3-5-12/h1-10H. The topological polar surface area (TPSA) is 17.8 Å². The molecule has 0 spiro atoms. The van der Waals surface area contributed by atoms with E-state index in [4.69, 9.17) is 0 Å². The van der Waals surface area contributed by atoms with Gasteiger partial charge in [0.05, 0.1) is 5.69 Å². The van der Waals surface area contributed by atoms with Crippen molar-refractivity contribution in [1.82, 2.24) is 9.55 Å². The van der Waals surface area contributed by atoms with Crippen molar-refractivity contribution in [1.29, 1.82) is 0 Å². The van der Waals surface area contributed by atoms with E-state index in [0.717, 1.165) is 6.20 Å². The minimum Gasteiger partial charge on any atom is -0.240 e. The number of alkyl halides is 3. The highest BCUT2D eigenvalue weighted by atomic mass is 19.4. The first-order valence-electron chi connectivity index (χ1n) is 6.43. The van der Waals surface area contributed by atoms with Gasteiger partial charge in [0.15, 0.2) is 0 Å². The normalized spacial score (nSPS) is 11.6. The Balaban J connectivity index is 2.15. The summed E-state index contributed by atoms with van der Waals surface area (Å²) < 4.78 is 52.7. The maximum Gasteiger partial charge on any atom is 0.490 e. The molecule has 112 valence electrons. The molecule has 0 saturated heterocycles. The van der Waals surface area contributed by atoms with Crippen molar-refractivity contribution < 1.29 is 17.6 Å². The van der Waals surface area contributed by atoms with Crippen molar-refractivity contribution in [2.75, 3.05) is 0 Å². The molecular weight excluding hydrogens is 296 g/mol. The number of halogens is 4. The van der Waals surface area contributed by atoms with Gasteiger partial charge in [-0.2, -0.15) is 0 Å². The van der Waals surface area contributed by atoms with Crippen molar-refractivity contribution in [3.8, 4) is 22.6 Å². The van der Waals surface area contributed by atoms with Gasteiger partial charge >= 0.3 is 6.30 Å². The highest BCUT2D eigenvalue weighted by Crippen LogP contribution is 2.32. The molecule has 0 unspecified atom stereocenters. The Morgan fingerprint density at radius 2 is 1.45 bits per heavy atom. The number of aromatic nitrogens is 2. The predicted octanol–water partition coefficient (Wildman–Crippen LogP) is 4.83. The Labute approximate surface area is 123 Å². The van der Waals surface area contributed by atoms with E-state index in [9.17, 15) is 17.6 Å². The molecular formula is C16H10F4N2. The Kier molecular flexibility index (Phi) is 3.44. The zero-order chi connectivity index (χ0) is 15.7. The smallest absolute Gasteiger partial charge is 0.240 e. The SMILES string of the molecule is Fc1ccc(-c2cn(C(F)(F)F)c(-c3ccccc3)n2)cc1. The molecule has 2 aromatic carbocycles. The molecule has 22 heavy (non-hydrogen) atoms. The van der Waals surface area contributed by atoms with Crippen molar-refractivity contribution >= 4 is 0 Å². The van der Waals surface area contributed by atoms with E-state index in [2.05, 4.69) is 4.98 Å². The molecule has 0 bridgehead atoms. The maximum absolute atomic E-state index is 13.2. The van der Waals surface area contributed by atoms with Crippen molar-refractivity contribution in [2.45, 2.75) is 6.30 Å². The summed E-state index contributed by atoms with van der Waals surface area (Å²) in [6.07, 6.45) is -3.67. The Morgan fingerprint density at radius 3 is 2.05 bits per heavy atom. The fraction of sp³-hybridized carbons (Fsp3) is 0.0625. The van der Waals surface area contributed by atoms with Crippen LogP contribution in [0.5, 0.6) is 0 Å². The second-order valence-corrected chi connectivity index (χ2v) is 4.66. The van der Waals surface area contributed by atoms with E-state index >= 15 is 0 Å². The van der Waals surface area contributed by atoms with Crippen LogP contribution in [0.3, 0.4) is 0 Å². The number of hydrogen-bond acceptors (Lipinski definition) is 1.